The van der Waals surface area contributed by atoms with Crippen LogP contribution in [0.3, 0.4) is 0 Å². The van der Waals surface area contributed by atoms with Gasteiger partial charge in [0.05, 0.1) is 17.1 Å². The zero-order valence-electron chi connectivity index (χ0n) is 11.4. The molecule has 21 heavy (non-hydrogen) atoms. The first-order chi connectivity index (χ1) is 10.2. The van der Waals surface area contributed by atoms with E-state index >= 15 is 0 Å². The molecule has 5 nitrogen and oxygen atoms in total. The number of rotatable bonds is 1. The van der Waals surface area contributed by atoms with Crippen molar-refractivity contribution in [2.45, 2.75) is 13.1 Å². The van der Waals surface area contributed by atoms with Gasteiger partial charge in [0, 0.05) is 19.2 Å². The minimum Gasteiger partial charge on any atom is -0.482 e. The molecule has 5 heteroatoms. The average Bonchev–Trinajstić information content (AvgIpc) is 2.90. The van der Waals surface area contributed by atoms with E-state index in [0.717, 1.165) is 18.8 Å². The van der Waals surface area contributed by atoms with Gasteiger partial charge < -0.3 is 20.7 Å². The number of hydrogen-bond acceptors (Lipinski definition) is 4. The van der Waals surface area contributed by atoms with Crippen LogP contribution in [0.25, 0.3) is 0 Å². The Hall–Kier alpha value is -2.69. The summed E-state index contributed by atoms with van der Waals surface area (Å²) in [7, 11) is 0. The van der Waals surface area contributed by atoms with E-state index in [1.807, 2.05) is 18.2 Å². The normalized spacial score (nSPS) is 16.0. The molecule has 0 spiro atoms. The van der Waals surface area contributed by atoms with Crippen molar-refractivity contribution in [3.05, 3.63) is 47.5 Å². The Labute approximate surface area is 122 Å². The molecule has 2 aliphatic heterocycles. The van der Waals surface area contributed by atoms with Gasteiger partial charge in [-0.1, -0.05) is 24.3 Å². The highest BCUT2D eigenvalue weighted by molar-refractivity contribution is 5.97. The lowest BCUT2D eigenvalue weighted by Gasteiger charge is -2.24. The summed E-state index contributed by atoms with van der Waals surface area (Å²) in [6, 6.07) is 12.0. The Kier molecular flexibility index (Phi) is 2.54. The summed E-state index contributed by atoms with van der Waals surface area (Å²) < 4.78 is 5.39. The lowest BCUT2D eigenvalue weighted by atomic mass is 10.1. The summed E-state index contributed by atoms with van der Waals surface area (Å²) in [5.74, 6) is 0.496. The molecule has 2 heterocycles. The van der Waals surface area contributed by atoms with Crippen LogP contribution in [0.1, 0.15) is 11.1 Å². The van der Waals surface area contributed by atoms with Gasteiger partial charge in [0.15, 0.2) is 6.61 Å². The van der Waals surface area contributed by atoms with E-state index in [0.29, 0.717) is 17.1 Å². The maximum Gasteiger partial charge on any atom is 0.262 e. The van der Waals surface area contributed by atoms with Crippen molar-refractivity contribution in [1.82, 2.24) is 0 Å². The molecule has 0 fully saturated rings. The highest BCUT2D eigenvalue weighted by Gasteiger charge is 2.24. The number of nitrogens with one attached hydrogen (secondary N) is 1. The monoisotopic (exact) mass is 281 g/mol. The van der Waals surface area contributed by atoms with Gasteiger partial charge >= 0.3 is 0 Å². The molecule has 0 radical (unpaired) electrons. The van der Waals surface area contributed by atoms with Gasteiger partial charge in [-0.3, -0.25) is 4.79 Å². The van der Waals surface area contributed by atoms with Crippen LogP contribution in [-0.2, 0) is 17.9 Å². The number of carbonyl (C=O) groups is 1. The lowest BCUT2D eigenvalue weighted by molar-refractivity contribution is -0.118. The highest BCUT2D eigenvalue weighted by atomic mass is 16.5. The van der Waals surface area contributed by atoms with Gasteiger partial charge in [-0.2, -0.15) is 0 Å². The maximum absolute atomic E-state index is 11.4. The van der Waals surface area contributed by atoms with Gasteiger partial charge in [-0.15, -0.1) is 0 Å². The second kappa shape index (κ2) is 4.41. The van der Waals surface area contributed by atoms with E-state index in [1.165, 1.54) is 11.1 Å². The fourth-order valence-electron chi connectivity index (χ4n) is 2.91. The van der Waals surface area contributed by atoms with Gasteiger partial charge in [-0.05, 0) is 17.2 Å². The third kappa shape index (κ3) is 1.98. The first-order valence-corrected chi connectivity index (χ1v) is 6.88. The third-order valence-electron chi connectivity index (χ3n) is 3.94. The fourth-order valence-corrected chi connectivity index (χ4v) is 2.91. The Morgan fingerprint density at radius 1 is 1.14 bits per heavy atom. The summed E-state index contributed by atoms with van der Waals surface area (Å²) in [5.41, 5.74) is 11.1. The Morgan fingerprint density at radius 3 is 2.57 bits per heavy atom. The van der Waals surface area contributed by atoms with Crippen molar-refractivity contribution in [2.24, 2.45) is 0 Å². The summed E-state index contributed by atoms with van der Waals surface area (Å²) in [5, 5.41) is 2.83. The molecule has 0 saturated carbocycles. The van der Waals surface area contributed by atoms with Gasteiger partial charge in [0.2, 0.25) is 0 Å². The quantitative estimate of drug-likeness (QED) is 0.786. The zero-order chi connectivity index (χ0) is 14.4. The van der Waals surface area contributed by atoms with E-state index in [2.05, 4.69) is 22.3 Å². The Bertz CT molecular complexity index is 717. The number of amides is 1. The number of nitrogen functional groups attached to an aromatic ring is 1. The number of ether oxygens (including phenoxy) is 1. The topological polar surface area (TPSA) is 67.6 Å². The predicted octanol–water partition coefficient (Wildman–Crippen LogP) is 2.12. The van der Waals surface area contributed by atoms with Crippen molar-refractivity contribution >= 4 is 23.0 Å². The molecule has 106 valence electrons. The van der Waals surface area contributed by atoms with Crippen LogP contribution in [-0.4, -0.2) is 12.5 Å². The standard InChI is InChI=1S/C16H15N3O2/c17-12-5-15-13(18-16(20)9-21-15)6-14(12)19-7-10-3-1-2-4-11(10)8-19/h1-6H,7-9,17H2,(H,18,20). The Balaban J connectivity index is 1.70. The summed E-state index contributed by atoms with van der Waals surface area (Å²) in [6.07, 6.45) is 0. The van der Waals surface area contributed by atoms with Crippen LogP contribution < -0.4 is 20.7 Å². The number of benzene rings is 2. The first kappa shape index (κ1) is 12.1. The molecule has 2 aromatic rings. The van der Waals surface area contributed by atoms with Crippen LogP contribution in [0.15, 0.2) is 36.4 Å². The van der Waals surface area contributed by atoms with E-state index in [1.54, 1.807) is 6.07 Å². The first-order valence-electron chi connectivity index (χ1n) is 6.88. The maximum atomic E-state index is 11.4. The molecule has 2 aromatic carbocycles. The van der Waals surface area contributed by atoms with Crippen molar-refractivity contribution < 1.29 is 9.53 Å². The molecule has 0 aromatic heterocycles. The molecule has 0 aliphatic carbocycles. The van der Waals surface area contributed by atoms with Crippen LogP contribution in [0, 0.1) is 0 Å². The summed E-state index contributed by atoms with van der Waals surface area (Å²) in [6.45, 7) is 1.70. The molecular weight excluding hydrogens is 266 g/mol. The van der Waals surface area contributed by atoms with Gasteiger partial charge in [0.25, 0.3) is 5.91 Å². The van der Waals surface area contributed by atoms with Crippen molar-refractivity contribution in [3.8, 4) is 5.75 Å². The number of fused-ring (bicyclic) bond motifs is 2. The number of nitrogens with zero attached hydrogens (tertiary/aromatic N) is 1. The summed E-state index contributed by atoms with van der Waals surface area (Å²) >= 11 is 0. The van der Waals surface area contributed by atoms with Gasteiger partial charge in [0.1, 0.15) is 5.75 Å². The van der Waals surface area contributed by atoms with Crippen LogP contribution in [0.2, 0.25) is 0 Å². The second-order valence-electron chi connectivity index (χ2n) is 5.37. The average molecular weight is 281 g/mol. The molecule has 1 amide bonds. The summed E-state index contributed by atoms with van der Waals surface area (Å²) in [4.78, 5) is 13.7. The molecule has 0 bridgehead atoms. The van der Waals surface area contributed by atoms with Crippen LogP contribution >= 0.6 is 0 Å². The molecule has 3 N–H and O–H groups in total. The van der Waals surface area contributed by atoms with E-state index in [9.17, 15) is 4.79 Å². The smallest absolute Gasteiger partial charge is 0.262 e. The minimum atomic E-state index is -0.136. The van der Waals surface area contributed by atoms with Crippen molar-refractivity contribution in [3.63, 3.8) is 0 Å². The van der Waals surface area contributed by atoms with E-state index in [-0.39, 0.29) is 12.5 Å². The van der Waals surface area contributed by atoms with Gasteiger partial charge in [-0.25, -0.2) is 0 Å². The molecular formula is C16H15N3O2. The third-order valence-corrected chi connectivity index (χ3v) is 3.94. The van der Waals surface area contributed by atoms with Crippen molar-refractivity contribution in [2.75, 3.05) is 22.6 Å². The Morgan fingerprint density at radius 2 is 1.86 bits per heavy atom. The second-order valence-corrected chi connectivity index (χ2v) is 5.37. The number of anilines is 3. The number of carbonyl (C=O) groups excluding carboxylic acids is 1. The largest absolute Gasteiger partial charge is 0.482 e. The lowest BCUT2D eigenvalue weighted by Crippen LogP contribution is -2.26. The van der Waals surface area contributed by atoms with E-state index < -0.39 is 0 Å². The van der Waals surface area contributed by atoms with Crippen LogP contribution in [0.4, 0.5) is 17.1 Å². The number of nitrogens with two attached hydrogens (primary N) is 1. The molecule has 0 atom stereocenters. The SMILES string of the molecule is Nc1cc2c(cc1N1Cc3ccccc3C1)NC(=O)CO2. The number of hydrogen-bond donors (Lipinski definition) is 2. The zero-order valence-corrected chi connectivity index (χ0v) is 11.4. The fraction of sp³-hybridized carbons (Fsp3) is 0.188. The van der Waals surface area contributed by atoms with Crippen LogP contribution in [0.5, 0.6) is 5.75 Å². The van der Waals surface area contributed by atoms with Crippen molar-refractivity contribution in [1.29, 1.82) is 0 Å². The molecule has 0 saturated heterocycles. The molecule has 4 rings (SSSR count). The molecule has 0 unspecified atom stereocenters. The molecule has 2 aliphatic rings. The minimum absolute atomic E-state index is 0.0426. The van der Waals surface area contributed by atoms with E-state index in [4.69, 9.17) is 10.5 Å². The highest BCUT2D eigenvalue weighted by Crippen LogP contribution is 2.39. The predicted molar refractivity (Wildman–Crippen MR) is 81.3 cm³/mol.